The van der Waals surface area contributed by atoms with Gasteiger partial charge in [-0.25, -0.2) is 0 Å². The van der Waals surface area contributed by atoms with Crippen molar-refractivity contribution in [2.75, 3.05) is 39.8 Å². The van der Waals surface area contributed by atoms with Crippen LogP contribution in [0.2, 0.25) is 0 Å². The van der Waals surface area contributed by atoms with Crippen molar-refractivity contribution in [1.29, 1.82) is 0 Å². The molecule has 2 atom stereocenters. The van der Waals surface area contributed by atoms with Gasteiger partial charge >= 0.3 is 0 Å². The van der Waals surface area contributed by atoms with E-state index in [-0.39, 0.29) is 17.9 Å². The smallest absolute Gasteiger partial charge is 0.260 e. The number of fused-ring (bicyclic) bond motifs is 1. The standard InChI is InChI=1S/C21H28N2O2/c1-21(8-7-16-13-17(16)14-21)18-3-5-19(6-4-18)25-15-20(24)23-11-9-22(2)10-12-23/h3-7,17H,8-15H2,1-2H3. The van der Waals surface area contributed by atoms with Gasteiger partial charge in [-0.05, 0) is 55.3 Å². The molecule has 2 aliphatic carbocycles. The maximum atomic E-state index is 12.3. The van der Waals surface area contributed by atoms with Gasteiger partial charge in [0.2, 0.25) is 0 Å². The summed E-state index contributed by atoms with van der Waals surface area (Å²) in [6.07, 6.45) is 6.15. The highest BCUT2D eigenvalue weighted by Gasteiger charge is 2.41. The molecule has 4 heteroatoms. The van der Waals surface area contributed by atoms with Crippen LogP contribution in [0.1, 0.15) is 31.7 Å². The van der Waals surface area contributed by atoms with Crippen molar-refractivity contribution in [1.82, 2.24) is 9.80 Å². The zero-order valence-corrected chi connectivity index (χ0v) is 15.3. The molecule has 1 saturated heterocycles. The molecule has 2 unspecified atom stereocenters. The third kappa shape index (κ3) is 3.59. The first kappa shape index (κ1) is 16.6. The van der Waals surface area contributed by atoms with Crippen molar-refractivity contribution < 1.29 is 9.53 Å². The van der Waals surface area contributed by atoms with Gasteiger partial charge in [-0.1, -0.05) is 30.7 Å². The molecule has 134 valence electrons. The Morgan fingerprint density at radius 3 is 2.60 bits per heavy atom. The van der Waals surface area contributed by atoms with Crippen molar-refractivity contribution in [3.05, 3.63) is 41.5 Å². The second kappa shape index (κ2) is 6.49. The largest absolute Gasteiger partial charge is 0.484 e. The summed E-state index contributed by atoms with van der Waals surface area (Å²) in [5.41, 5.74) is 3.30. The van der Waals surface area contributed by atoms with E-state index in [0.29, 0.717) is 0 Å². The number of hydrogen-bond acceptors (Lipinski definition) is 3. The zero-order chi connectivity index (χ0) is 17.4. The van der Waals surface area contributed by atoms with Crippen LogP contribution in [0.3, 0.4) is 0 Å². The lowest BCUT2D eigenvalue weighted by molar-refractivity contribution is -0.134. The van der Waals surface area contributed by atoms with E-state index < -0.39 is 0 Å². The molecule has 1 heterocycles. The summed E-state index contributed by atoms with van der Waals surface area (Å²) >= 11 is 0. The fourth-order valence-electron chi connectivity index (χ4n) is 4.14. The number of nitrogens with zero attached hydrogens (tertiary/aromatic N) is 2. The molecule has 2 fully saturated rings. The van der Waals surface area contributed by atoms with Crippen LogP contribution in [0.5, 0.6) is 5.75 Å². The van der Waals surface area contributed by atoms with Gasteiger partial charge in [0, 0.05) is 26.2 Å². The van der Waals surface area contributed by atoms with Crippen molar-refractivity contribution in [3.8, 4) is 5.75 Å². The number of piperazine rings is 1. The van der Waals surface area contributed by atoms with E-state index in [1.54, 1.807) is 5.57 Å². The number of ether oxygens (including phenoxy) is 1. The lowest BCUT2D eigenvalue weighted by atomic mass is 9.73. The summed E-state index contributed by atoms with van der Waals surface area (Å²) in [5, 5.41) is 0. The monoisotopic (exact) mass is 340 g/mol. The summed E-state index contributed by atoms with van der Waals surface area (Å²) < 4.78 is 5.74. The summed E-state index contributed by atoms with van der Waals surface area (Å²) in [7, 11) is 2.09. The third-order valence-electron chi connectivity index (χ3n) is 6.13. The van der Waals surface area contributed by atoms with Gasteiger partial charge in [0.15, 0.2) is 6.61 Å². The predicted molar refractivity (Wildman–Crippen MR) is 98.8 cm³/mol. The van der Waals surface area contributed by atoms with Gasteiger partial charge < -0.3 is 14.5 Å². The first-order valence-electron chi connectivity index (χ1n) is 9.42. The fourth-order valence-corrected chi connectivity index (χ4v) is 4.14. The van der Waals surface area contributed by atoms with Crippen molar-refractivity contribution in [2.24, 2.45) is 5.92 Å². The van der Waals surface area contributed by atoms with Crippen LogP contribution in [0.15, 0.2) is 35.9 Å². The Morgan fingerprint density at radius 1 is 1.20 bits per heavy atom. The molecule has 1 aromatic carbocycles. The topological polar surface area (TPSA) is 32.8 Å². The van der Waals surface area contributed by atoms with Gasteiger partial charge in [0.25, 0.3) is 5.91 Å². The van der Waals surface area contributed by atoms with Crippen LogP contribution in [0, 0.1) is 5.92 Å². The normalized spacial score (nSPS) is 29.0. The Labute approximate surface area is 150 Å². The van der Waals surface area contributed by atoms with Gasteiger partial charge in [-0.2, -0.15) is 0 Å². The first-order valence-corrected chi connectivity index (χ1v) is 9.42. The Morgan fingerprint density at radius 2 is 1.92 bits per heavy atom. The molecule has 0 bridgehead atoms. The molecule has 4 rings (SSSR count). The molecule has 0 spiro atoms. The summed E-state index contributed by atoms with van der Waals surface area (Å²) in [5.74, 6) is 1.70. The van der Waals surface area contributed by atoms with Crippen LogP contribution in [-0.2, 0) is 10.2 Å². The number of amides is 1. The third-order valence-corrected chi connectivity index (χ3v) is 6.13. The highest BCUT2D eigenvalue weighted by atomic mass is 16.5. The summed E-state index contributed by atoms with van der Waals surface area (Å²) in [6.45, 7) is 5.98. The van der Waals surface area contributed by atoms with Crippen LogP contribution in [0.4, 0.5) is 0 Å². The number of benzene rings is 1. The molecule has 0 aromatic heterocycles. The number of carbonyl (C=O) groups is 1. The highest BCUT2D eigenvalue weighted by molar-refractivity contribution is 5.77. The second-order valence-corrected chi connectivity index (χ2v) is 8.15. The lowest BCUT2D eigenvalue weighted by Gasteiger charge is -2.32. The van der Waals surface area contributed by atoms with E-state index in [2.05, 4.69) is 37.1 Å². The molecule has 1 amide bonds. The van der Waals surface area contributed by atoms with Crippen LogP contribution >= 0.6 is 0 Å². The maximum Gasteiger partial charge on any atom is 0.260 e. The number of carbonyl (C=O) groups excluding carboxylic acids is 1. The number of allylic oxidation sites excluding steroid dienone is 2. The van der Waals surface area contributed by atoms with Crippen molar-refractivity contribution in [2.45, 2.75) is 31.6 Å². The molecule has 0 radical (unpaired) electrons. The van der Waals surface area contributed by atoms with Crippen LogP contribution < -0.4 is 4.74 Å². The Bertz CT molecular complexity index is 674. The number of hydrogen-bond donors (Lipinski definition) is 0. The fraction of sp³-hybridized carbons (Fsp3) is 0.571. The molecule has 1 saturated carbocycles. The average molecular weight is 340 g/mol. The number of likely N-dealkylation sites (N-methyl/N-ethyl adjacent to an activating group) is 1. The second-order valence-electron chi connectivity index (χ2n) is 8.15. The summed E-state index contributed by atoms with van der Waals surface area (Å²) in [6, 6.07) is 8.39. The van der Waals surface area contributed by atoms with Crippen molar-refractivity contribution >= 4 is 5.91 Å². The maximum absolute atomic E-state index is 12.3. The van der Waals surface area contributed by atoms with Gasteiger partial charge in [0.1, 0.15) is 5.75 Å². The van der Waals surface area contributed by atoms with Gasteiger partial charge in [0.05, 0.1) is 0 Å². The van der Waals surface area contributed by atoms with E-state index in [1.807, 2.05) is 17.0 Å². The molecule has 1 aliphatic heterocycles. The molecule has 1 aromatic rings. The van der Waals surface area contributed by atoms with E-state index >= 15 is 0 Å². The average Bonchev–Trinajstić information content (AvgIpc) is 3.39. The molecule has 0 N–H and O–H groups in total. The van der Waals surface area contributed by atoms with Gasteiger partial charge in [-0.15, -0.1) is 0 Å². The van der Waals surface area contributed by atoms with E-state index in [9.17, 15) is 4.79 Å². The quantitative estimate of drug-likeness (QED) is 0.790. The SMILES string of the molecule is CN1CCN(C(=O)COc2ccc(C3(C)CC=C4CC4C3)cc2)CC1. The van der Waals surface area contributed by atoms with Gasteiger partial charge in [-0.3, -0.25) is 4.79 Å². The summed E-state index contributed by atoms with van der Waals surface area (Å²) in [4.78, 5) is 16.4. The molecule has 3 aliphatic rings. The van der Waals surface area contributed by atoms with Crippen LogP contribution in [-0.4, -0.2) is 55.5 Å². The minimum absolute atomic E-state index is 0.0859. The first-order chi connectivity index (χ1) is 12.0. The molecule has 4 nitrogen and oxygen atoms in total. The minimum Gasteiger partial charge on any atom is -0.484 e. The van der Waals surface area contributed by atoms with Crippen LogP contribution in [0.25, 0.3) is 0 Å². The van der Waals surface area contributed by atoms with E-state index in [0.717, 1.165) is 44.3 Å². The van der Waals surface area contributed by atoms with E-state index in [1.165, 1.54) is 18.4 Å². The minimum atomic E-state index is 0.0859. The van der Waals surface area contributed by atoms with Crippen molar-refractivity contribution in [3.63, 3.8) is 0 Å². The Kier molecular flexibility index (Phi) is 4.32. The molecular formula is C21H28N2O2. The lowest BCUT2D eigenvalue weighted by Crippen LogP contribution is -2.48. The molecule has 25 heavy (non-hydrogen) atoms. The zero-order valence-electron chi connectivity index (χ0n) is 15.3. The molecular weight excluding hydrogens is 312 g/mol. The Balaban J connectivity index is 1.32. The number of rotatable bonds is 4. The van der Waals surface area contributed by atoms with E-state index in [4.69, 9.17) is 4.74 Å². The highest BCUT2D eigenvalue weighted by Crippen LogP contribution is 2.52. The Hall–Kier alpha value is -1.81. The predicted octanol–water partition coefficient (Wildman–Crippen LogP) is 2.84.